The van der Waals surface area contributed by atoms with Crippen molar-refractivity contribution < 1.29 is 27.9 Å². The van der Waals surface area contributed by atoms with Gasteiger partial charge in [0, 0.05) is 32.1 Å². The molecule has 0 radical (unpaired) electrons. The Balaban J connectivity index is 1.64. The number of nitrogens with zero attached hydrogens (tertiary/aromatic N) is 4. The van der Waals surface area contributed by atoms with Crippen molar-refractivity contribution in [2.24, 2.45) is 5.92 Å². The SMILES string of the molecule is O=C(NC(c1ccccn1)C(F)(F)F)c1nc(C(=O)N2CCC(CO)CC2)n2ccccc12. The molecule has 2 amide bonds. The van der Waals surface area contributed by atoms with E-state index in [2.05, 4.69) is 9.97 Å². The van der Waals surface area contributed by atoms with Crippen molar-refractivity contribution in [1.29, 1.82) is 0 Å². The van der Waals surface area contributed by atoms with E-state index in [1.165, 1.54) is 41.1 Å². The molecule has 1 aliphatic rings. The molecule has 1 unspecified atom stereocenters. The summed E-state index contributed by atoms with van der Waals surface area (Å²) in [4.78, 5) is 35.5. The number of likely N-dealkylation sites (tertiary alicyclic amines) is 1. The number of carbonyl (C=O) groups is 2. The summed E-state index contributed by atoms with van der Waals surface area (Å²) in [6.07, 6.45) is -0.766. The molecular weight excluding hydrogens is 439 g/mol. The van der Waals surface area contributed by atoms with Crippen LogP contribution in [0.3, 0.4) is 0 Å². The Bertz CT molecular complexity index is 1140. The maximum atomic E-state index is 13.7. The van der Waals surface area contributed by atoms with Crippen LogP contribution in [0.15, 0.2) is 48.8 Å². The molecule has 0 saturated carbocycles. The normalized spacial score (nSPS) is 16.1. The third kappa shape index (κ3) is 4.68. The lowest BCUT2D eigenvalue weighted by atomic mass is 9.98. The van der Waals surface area contributed by atoms with Crippen LogP contribution in [0.1, 0.15) is 45.7 Å². The van der Waals surface area contributed by atoms with E-state index < -0.39 is 24.0 Å². The average molecular weight is 461 g/mol. The average Bonchev–Trinajstić information content (AvgIpc) is 3.21. The number of hydrogen-bond acceptors (Lipinski definition) is 5. The number of fused-ring (bicyclic) bond motifs is 1. The minimum atomic E-state index is -4.78. The Morgan fingerprint density at radius 1 is 1.15 bits per heavy atom. The Labute approximate surface area is 187 Å². The Morgan fingerprint density at radius 2 is 1.88 bits per heavy atom. The summed E-state index contributed by atoms with van der Waals surface area (Å²) in [5, 5.41) is 11.3. The van der Waals surface area contributed by atoms with E-state index >= 15 is 0 Å². The van der Waals surface area contributed by atoms with Gasteiger partial charge in [0.1, 0.15) is 0 Å². The molecule has 3 aromatic rings. The van der Waals surface area contributed by atoms with E-state index in [1.807, 2.05) is 5.32 Å². The van der Waals surface area contributed by atoms with E-state index in [9.17, 15) is 27.9 Å². The maximum Gasteiger partial charge on any atom is 0.414 e. The number of pyridine rings is 2. The van der Waals surface area contributed by atoms with Crippen LogP contribution < -0.4 is 5.32 Å². The van der Waals surface area contributed by atoms with Crippen molar-refractivity contribution in [3.8, 4) is 0 Å². The zero-order valence-corrected chi connectivity index (χ0v) is 17.5. The highest BCUT2D eigenvalue weighted by molar-refractivity contribution is 6.02. The minimum absolute atomic E-state index is 0.0509. The van der Waals surface area contributed by atoms with Gasteiger partial charge in [0.05, 0.1) is 11.2 Å². The van der Waals surface area contributed by atoms with Gasteiger partial charge in [-0.2, -0.15) is 13.2 Å². The number of aliphatic hydroxyl groups excluding tert-OH is 1. The van der Waals surface area contributed by atoms with Gasteiger partial charge >= 0.3 is 6.18 Å². The van der Waals surface area contributed by atoms with Gasteiger partial charge in [-0.3, -0.25) is 19.0 Å². The van der Waals surface area contributed by atoms with Crippen LogP contribution in [0.4, 0.5) is 13.2 Å². The number of piperidine rings is 1. The number of aliphatic hydroxyl groups is 1. The number of carbonyl (C=O) groups excluding carboxylic acids is 2. The lowest BCUT2D eigenvalue weighted by molar-refractivity contribution is -0.156. The van der Waals surface area contributed by atoms with Crippen molar-refractivity contribution in [2.75, 3.05) is 19.7 Å². The monoisotopic (exact) mass is 461 g/mol. The Morgan fingerprint density at radius 3 is 2.52 bits per heavy atom. The molecule has 4 rings (SSSR count). The van der Waals surface area contributed by atoms with Crippen molar-refractivity contribution in [2.45, 2.75) is 25.1 Å². The van der Waals surface area contributed by atoms with Gasteiger partial charge in [-0.1, -0.05) is 12.1 Å². The second kappa shape index (κ2) is 9.18. The van der Waals surface area contributed by atoms with Crippen LogP contribution in [-0.4, -0.2) is 62.1 Å². The van der Waals surface area contributed by atoms with Crippen LogP contribution in [0.2, 0.25) is 0 Å². The summed E-state index contributed by atoms with van der Waals surface area (Å²) in [6, 6.07) is 6.48. The molecule has 3 aromatic heterocycles. The third-order valence-corrected chi connectivity index (χ3v) is 5.70. The van der Waals surface area contributed by atoms with E-state index in [-0.39, 0.29) is 35.3 Å². The molecule has 174 valence electrons. The highest BCUT2D eigenvalue weighted by atomic mass is 19.4. The molecule has 0 spiro atoms. The lowest BCUT2D eigenvalue weighted by Gasteiger charge is -2.30. The van der Waals surface area contributed by atoms with Gasteiger partial charge in [-0.05, 0) is 43.0 Å². The first-order valence-electron chi connectivity index (χ1n) is 10.5. The number of nitrogens with one attached hydrogen (secondary N) is 1. The van der Waals surface area contributed by atoms with Crippen LogP contribution >= 0.6 is 0 Å². The predicted octanol–water partition coefficient (Wildman–Crippen LogP) is 2.61. The first-order valence-corrected chi connectivity index (χ1v) is 10.5. The molecule has 1 saturated heterocycles. The quantitative estimate of drug-likeness (QED) is 0.609. The number of aromatic nitrogens is 3. The molecule has 1 atom stereocenters. The van der Waals surface area contributed by atoms with Crippen molar-refractivity contribution in [3.63, 3.8) is 0 Å². The van der Waals surface area contributed by atoms with E-state index in [0.29, 0.717) is 25.9 Å². The first-order chi connectivity index (χ1) is 15.8. The summed E-state index contributed by atoms with van der Waals surface area (Å²) in [6.45, 7) is 0.890. The molecule has 33 heavy (non-hydrogen) atoms. The molecule has 2 N–H and O–H groups in total. The summed E-state index contributed by atoms with van der Waals surface area (Å²) < 4.78 is 42.4. The van der Waals surface area contributed by atoms with Crippen LogP contribution in [0, 0.1) is 5.92 Å². The number of hydrogen-bond donors (Lipinski definition) is 2. The van der Waals surface area contributed by atoms with Crippen LogP contribution in [0.25, 0.3) is 5.52 Å². The second-order valence-corrected chi connectivity index (χ2v) is 7.86. The standard InChI is InChI=1S/C22H22F3N5O3/c23-22(24,25)18(15-5-1-3-9-26-15)28-20(32)17-16-6-2-4-10-30(16)19(27-17)21(33)29-11-7-14(13-31)8-12-29/h1-6,9-10,14,18,31H,7-8,11-13H2,(H,28,32). The number of halogens is 3. The topological polar surface area (TPSA) is 99.8 Å². The third-order valence-electron chi connectivity index (χ3n) is 5.70. The molecule has 0 aliphatic carbocycles. The first kappa shape index (κ1) is 22.7. The van der Waals surface area contributed by atoms with Crippen LogP contribution in [-0.2, 0) is 0 Å². The summed E-state index contributed by atoms with van der Waals surface area (Å²) in [5.41, 5.74) is -0.426. The fourth-order valence-electron chi connectivity index (χ4n) is 3.89. The summed E-state index contributed by atoms with van der Waals surface area (Å²) in [5.74, 6) is -1.42. The highest BCUT2D eigenvalue weighted by Gasteiger charge is 2.43. The molecule has 4 heterocycles. The predicted molar refractivity (Wildman–Crippen MR) is 111 cm³/mol. The fourth-order valence-corrected chi connectivity index (χ4v) is 3.89. The minimum Gasteiger partial charge on any atom is -0.396 e. The molecule has 1 aliphatic heterocycles. The van der Waals surface area contributed by atoms with Gasteiger partial charge in [0.2, 0.25) is 5.82 Å². The number of rotatable bonds is 5. The fraction of sp³-hybridized carbons (Fsp3) is 0.364. The molecule has 11 heteroatoms. The maximum absolute atomic E-state index is 13.7. The van der Waals surface area contributed by atoms with E-state index in [1.54, 1.807) is 17.0 Å². The van der Waals surface area contributed by atoms with Gasteiger partial charge in [0.15, 0.2) is 11.7 Å². The van der Waals surface area contributed by atoms with Gasteiger partial charge in [-0.25, -0.2) is 4.98 Å². The van der Waals surface area contributed by atoms with Crippen LogP contribution in [0.5, 0.6) is 0 Å². The van der Waals surface area contributed by atoms with Crippen molar-refractivity contribution >= 4 is 17.3 Å². The largest absolute Gasteiger partial charge is 0.414 e. The molecule has 0 aromatic carbocycles. The zero-order valence-electron chi connectivity index (χ0n) is 17.5. The zero-order chi connectivity index (χ0) is 23.6. The smallest absolute Gasteiger partial charge is 0.396 e. The summed E-state index contributed by atoms with van der Waals surface area (Å²) in [7, 11) is 0. The summed E-state index contributed by atoms with van der Waals surface area (Å²) >= 11 is 0. The van der Waals surface area contributed by atoms with Crippen molar-refractivity contribution in [1.82, 2.24) is 24.6 Å². The molecule has 1 fully saturated rings. The van der Waals surface area contributed by atoms with E-state index in [0.717, 1.165) is 0 Å². The lowest BCUT2D eigenvalue weighted by Crippen LogP contribution is -2.40. The van der Waals surface area contributed by atoms with E-state index in [4.69, 9.17) is 0 Å². The van der Waals surface area contributed by atoms with Crippen molar-refractivity contribution in [3.05, 3.63) is 66.0 Å². The number of imidazole rings is 1. The highest BCUT2D eigenvalue weighted by Crippen LogP contribution is 2.32. The molecule has 0 bridgehead atoms. The van der Waals surface area contributed by atoms with Gasteiger partial charge in [0.25, 0.3) is 11.8 Å². The Hall–Kier alpha value is -3.47. The number of alkyl halides is 3. The molecule has 8 nitrogen and oxygen atoms in total. The molecular formula is C22H22F3N5O3. The Kier molecular flexibility index (Phi) is 6.32. The van der Waals surface area contributed by atoms with Gasteiger partial charge in [-0.15, -0.1) is 0 Å². The second-order valence-electron chi connectivity index (χ2n) is 7.86. The number of amides is 2. The van der Waals surface area contributed by atoms with Gasteiger partial charge < -0.3 is 15.3 Å².